The summed E-state index contributed by atoms with van der Waals surface area (Å²) in [5, 5.41) is 0. The minimum atomic E-state index is -0.0889. The fourth-order valence-electron chi connectivity index (χ4n) is 4.14. The van der Waals surface area contributed by atoms with Crippen molar-refractivity contribution in [2.24, 2.45) is 5.41 Å². The zero-order valence-corrected chi connectivity index (χ0v) is 14.8. The van der Waals surface area contributed by atoms with Crippen LogP contribution in [0.5, 0.6) is 0 Å². The zero-order valence-electron chi connectivity index (χ0n) is 14.8. The van der Waals surface area contributed by atoms with Crippen molar-refractivity contribution in [2.75, 3.05) is 32.9 Å². The van der Waals surface area contributed by atoms with Crippen LogP contribution in [-0.4, -0.2) is 54.8 Å². The molecule has 3 heterocycles. The van der Waals surface area contributed by atoms with E-state index in [-0.39, 0.29) is 17.4 Å². The number of rotatable bonds is 5. The molecule has 2 saturated heterocycles. The maximum atomic E-state index is 13.0. The molecule has 2 unspecified atom stereocenters. The molecule has 5 heteroatoms. The molecule has 0 bridgehead atoms. The number of ether oxygens (including phenoxy) is 2. The molecule has 132 valence electrons. The average molecular weight is 332 g/mol. The molecule has 1 aromatic rings. The van der Waals surface area contributed by atoms with Crippen molar-refractivity contribution in [3.63, 3.8) is 0 Å². The van der Waals surface area contributed by atoms with Gasteiger partial charge in [-0.3, -0.25) is 4.79 Å². The van der Waals surface area contributed by atoms with Crippen LogP contribution in [0, 0.1) is 19.3 Å². The lowest BCUT2D eigenvalue weighted by atomic mass is 9.73. The molecule has 0 aromatic carbocycles. The van der Waals surface area contributed by atoms with Crippen molar-refractivity contribution in [3.05, 3.63) is 35.7 Å². The molecule has 2 fully saturated rings. The van der Waals surface area contributed by atoms with Gasteiger partial charge in [-0.15, -0.1) is 6.58 Å². The Morgan fingerprint density at radius 1 is 1.58 bits per heavy atom. The molecule has 0 radical (unpaired) electrons. The maximum Gasteiger partial charge on any atom is 0.255 e. The second-order valence-electron chi connectivity index (χ2n) is 7.14. The minimum Gasteiger partial charge on any atom is -0.377 e. The molecule has 1 N–H and O–H groups in total. The van der Waals surface area contributed by atoms with E-state index in [1.165, 1.54) is 0 Å². The Hall–Kier alpha value is -1.59. The Balaban J connectivity index is 1.77. The molecular formula is C19H28N2O3. The van der Waals surface area contributed by atoms with Gasteiger partial charge in [-0.25, -0.2) is 0 Å². The number of H-pyrrole nitrogens is 1. The highest BCUT2D eigenvalue weighted by Crippen LogP contribution is 2.41. The second-order valence-corrected chi connectivity index (χ2v) is 7.14. The number of aromatic amines is 1. The lowest BCUT2D eigenvalue weighted by molar-refractivity contribution is -0.144. The van der Waals surface area contributed by atoms with Gasteiger partial charge in [0.1, 0.15) is 0 Å². The number of nitrogens with one attached hydrogen (secondary N) is 1. The fraction of sp³-hybridized carbons (Fsp3) is 0.632. The SMILES string of the molecule is C=CCOCC12CCCOC1CCN(C(=O)c1cc(C)[nH]c1C)C2. The van der Waals surface area contributed by atoms with Crippen LogP contribution in [-0.2, 0) is 9.47 Å². The number of likely N-dealkylation sites (tertiary alicyclic amines) is 1. The van der Waals surface area contributed by atoms with Crippen molar-refractivity contribution < 1.29 is 14.3 Å². The number of nitrogens with zero attached hydrogens (tertiary/aromatic N) is 1. The summed E-state index contributed by atoms with van der Waals surface area (Å²) >= 11 is 0. The fourth-order valence-corrected chi connectivity index (χ4v) is 4.14. The van der Waals surface area contributed by atoms with Gasteiger partial charge in [-0.05, 0) is 39.2 Å². The van der Waals surface area contributed by atoms with Crippen molar-refractivity contribution in [2.45, 2.75) is 39.2 Å². The van der Waals surface area contributed by atoms with Crippen LogP contribution in [0.15, 0.2) is 18.7 Å². The van der Waals surface area contributed by atoms with E-state index in [9.17, 15) is 4.79 Å². The van der Waals surface area contributed by atoms with Crippen molar-refractivity contribution in [1.29, 1.82) is 0 Å². The van der Waals surface area contributed by atoms with E-state index in [0.717, 1.165) is 49.4 Å². The number of hydrogen-bond donors (Lipinski definition) is 1. The molecule has 24 heavy (non-hydrogen) atoms. The van der Waals surface area contributed by atoms with Gasteiger partial charge in [0.2, 0.25) is 0 Å². The molecule has 0 aliphatic carbocycles. The van der Waals surface area contributed by atoms with Gasteiger partial charge in [0, 0.05) is 36.5 Å². The summed E-state index contributed by atoms with van der Waals surface area (Å²) in [6.07, 6.45) is 4.91. The van der Waals surface area contributed by atoms with E-state index < -0.39 is 0 Å². The first-order valence-corrected chi connectivity index (χ1v) is 8.81. The number of fused-ring (bicyclic) bond motifs is 1. The summed E-state index contributed by atoms with van der Waals surface area (Å²) in [5.74, 6) is 0.115. The Bertz CT molecular complexity index is 610. The Morgan fingerprint density at radius 2 is 2.42 bits per heavy atom. The first-order chi connectivity index (χ1) is 11.6. The van der Waals surface area contributed by atoms with E-state index in [0.29, 0.717) is 19.8 Å². The molecule has 0 spiro atoms. The van der Waals surface area contributed by atoms with Crippen LogP contribution in [0.25, 0.3) is 0 Å². The first-order valence-electron chi connectivity index (χ1n) is 8.81. The predicted octanol–water partition coefficient (Wildman–Crippen LogP) is 2.85. The molecule has 1 amide bonds. The van der Waals surface area contributed by atoms with Crippen LogP contribution in [0.2, 0.25) is 0 Å². The van der Waals surface area contributed by atoms with Gasteiger partial charge >= 0.3 is 0 Å². The largest absolute Gasteiger partial charge is 0.377 e. The lowest BCUT2D eigenvalue weighted by Gasteiger charge is -2.50. The highest BCUT2D eigenvalue weighted by molar-refractivity contribution is 5.95. The van der Waals surface area contributed by atoms with E-state index >= 15 is 0 Å². The summed E-state index contributed by atoms with van der Waals surface area (Å²) < 4.78 is 11.8. The third kappa shape index (κ3) is 3.28. The molecule has 2 aliphatic rings. The molecule has 2 aliphatic heterocycles. The van der Waals surface area contributed by atoms with Gasteiger partial charge in [-0.2, -0.15) is 0 Å². The summed E-state index contributed by atoms with van der Waals surface area (Å²) in [6, 6.07) is 1.95. The highest BCUT2D eigenvalue weighted by atomic mass is 16.5. The number of amides is 1. The number of carbonyl (C=O) groups is 1. The van der Waals surface area contributed by atoms with Crippen molar-refractivity contribution in [1.82, 2.24) is 9.88 Å². The Morgan fingerprint density at radius 3 is 3.12 bits per heavy atom. The lowest BCUT2D eigenvalue weighted by Crippen LogP contribution is -2.58. The van der Waals surface area contributed by atoms with Crippen LogP contribution in [0.3, 0.4) is 0 Å². The van der Waals surface area contributed by atoms with Crippen molar-refractivity contribution >= 4 is 5.91 Å². The topological polar surface area (TPSA) is 54.6 Å². The van der Waals surface area contributed by atoms with E-state index in [2.05, 4.69) is 11.6 Å². The monoisotopic (exact) mass is 332 g/mol. The number of aryl methyl sites for hydroxylation is 2. The van der Waals surface area contributed by atoms with E-state index in [1.54, 1.807) is 6.08 Å². The van der Waals surface area contributed by atoms with Gasteiger partial charge in [-0.1, -0.05) is 6.08 Å². The normalized spacial score (nSPS) is 26.9. The zero-order chi connectivity index (χ0) is 17.2. The van der Waals surface area contributed by atoms with E-state index in [4.69, 9.17) is 9.47 Å². The molecule has 5 nitrogen and oxygen atoms in total. The smallest absolute Gasteiger partial charge is 0.255 e. The minimum absolute atomic E-state index is 0.0889. The molecular weight excluding hydrogens is 304 g/mol. The Kier molecular flexibility index (Phi) is 5.11. The first kappa shape index (κ1) is 17.2. The molecule has 2 atom stereocenters. The molecule has 1 aromatic heterocycles. The average Bonchev–Trinajstić information content (AvgIpc) is 2.92. The summed E-state index contributed by atoms with van der Waals surface area (Å²) in [5.41, 5.74) is 2.66. The Labute approximate surface area is 144 Å². The summed E-state index contributed by atoms with van der Waals surface area (Å²) in [6.45, 7) is 11.1. The van der Waals surface area contributed by atoms with Crippen LogP contribution < -0.4 is 0 Å². The van der Waals surface area contributed by atoms with Crippen LogP contribution in [0.4, 0.5) is 0 Å². The quantitative estimate of drug-likeness (QED) is 0.666. The predicted molar refractivity (Wildman–Crippen MR) is 93.2 cm³/mol. The standard InChI is InChI=1S/C19H28N2O3/c1-4-9-23-13-19-7-5-10-24-17(19)6-8-21(12-19)18(22)16-11-14(2)20-15(16)3/h4,11,17,20H,1,5-10,12-13H2,2-3H3. The van der Waals surface area contributed by atoms with Gasteiger partial charge in [0.05, 0.1) is 24.9 Å². The van der Waals surface area contributed by atoms with Crippen LogP contribution in [0.1, 0.15) is 41.0 Å². The summed E-state index contributed by atoms with van der Waals surface area (Å²) in [7, 11) is 0. The van der Waals surface area contributed by atoms with Gasteiger partial charge in [0.25, 0.3) is 5.91 Å². The van der Waals surface area contributed by atoms with Gasteiger partial charge in [0.15, 0.2) is 0 Å². The number of piperidine rings is 1. The summed E-state index contributed by atoms with van der Waals surface area (Å²) in [4.78, 5) is 18.2. The number of hydrogen-bond acceptors (Lipinski definition) is 3. The highest BCUT2D eigenvalue weighted by Gasteiger charge is 2.47. The molecule has 0 saturated carbocycles. The third-order valence-corrected chi connectivity index (χ3v) is 5.28. The third-order valence-electron chi connectivity index (χ3n) is 5.28. The number of carbonyl (C=O) groups excluding carboxylic acids is 1. The second kappa shape index (κ2) is 7.11. The van der Waals surface area contributed by atoms with Crippen molar-refractivity contribution in [3.8, 4) is 0 Å². The van der Waals surface area contributed by atoms with Crippen LogP contribution >= 0.6 is 0 Å². The van der Waals surface area contributed by atoms with Gasteiger partial charge < -0.3 is 19.4 Å². The maximum absolute atomic E-state index is 13.0. The van der Waals surface area contributed by atoms with E-state index in [1.807, 2.05) is 24.8 Å². The molecule has 3 rings (SSSR count). The number of aromatic nitrogens is 1.